The van der Waals surface area contributed by atoms with E-state index in [2.05, 4.69) is 0 Å². The van der Waals surface area contributed by atoms with Crippen molar-refractivity contribution in [2.45, 2.75) is 13.3 Å². The van der Waals surface area contributed by atoms with Gasteiger partial charge in [-0.05, 0) is 17.1 Å². The van der Waals surface area contributed by atoms with Crippen molar-refractivity contribution in [3.63, 3.8) is 0 Å². The van der Waals surface area contributed by atoms with Crippen molar-refractivity contribution in [1.29, 1.82) is 0 Å². The summed E-state index contributed by atoms with van der Waals surface area (Å²) in [6.07, 6.45) is 1.44. The van der Waals surface area contributed by atoms with Crippen molar-refractivity contribution in [2.75, 3.05) is 12.8 Å². The van der Waals surface area contributed by atoms with Crippen molar-refractivity contribution in [2.24, 2.45) is 0 Å². The second-order valence-corrected chi connectivity index (χ2v) is 4.27. The van der Waals surface area contributed by atoms with Crippen LogP contribution >= 0.6 is 8.03 Å². The fourth-order valence-electron chi connectivity index (χ4n) is 1.00. The van der Waals surface area contributed by atoms with Crippen LogP contribution in [0.25, 0.3) is 0 Å². The van der Waals surface area contributed by atoms with Gasteiger partial charge in [-0.15, -0.1) is 4.52 Å². The zero-order valence-electron chi connectivity index (χ0n) is 7.77. The molecule has 2 nitrogen and oxygen atoms in total. The zero-order valence-corrected chi connectivity index (χ0v) is 8.67. The molecule has 0 N–H and O–H groups in total. The molecular formula is C10H14O2P+. The molecule has 0 fully saturated rings. The molecule has 13 heavy (non-hydrogen) atoms. The minimum absolute atomic E-state index is 0.549. The Balaban J connectivity index is 2.24. The monoisotopic (exact) mass is 197 g/mol. The molecule has 0 aliphatic rings. The van der Waals surface area contributed by atoms with Gasteiger partial charge >= 0.3 is 8.03 Å². The first-order valence-electron chi connectivity index (χ1n) is 4.44. The lowest BCUT2D eigenvalue weighted by Gasteiger charge is -1.95. The van der Waals surface area contributed by atoms with Crippen LogP contribution in [0.3, 0.4) is 0 Å². The van der Waals surface area contributed by atoms with Crippen LogP contribution in [0.5, 0.6) is 0 Å². The van der Waals surface area contributed by atoms with Crippen LogP contribution < -0.4 is 0 Å². The molecule has 0 saturated carbocycles. The summed E-state index contributed by atoms with van der Waals surface area (Å²) in [7, 11) is -1.42. The van der Waals surface area contributed by atoms with Gasteiger partial charge in [0.15, 0.2) is 6.16 Å². The van der Waals surface area contributed by atoms with Gasteiger partial charge in [0.1, 0.15) is 6.61 Å². The summed E-state index contributed by atoms with van der Waals surface area (Å²) >= 11 is 0. The van der Waals surface area contributed by atoms with Gasteiger partial charge < -0.3 is 0 Å². The lowest BCUT2D eigenvalue weighted by Crippen LogP contribution is -1.93. The molecule has 0 aliphatic heterocycles. The highest BCUT2D eigenvalue weighted by molar-refractivity contribution is 7.39. The van der Waals surface area contributed by atoms with Crippen LogP contribution in [-0.4, -0.2) is 12.8 Å². The van der Waals surface area contributed by atoms with Crippen LogP contribution in [0.4, 0.5) is 0 Å². The lowest BCUT2D eigenvalue weighted by molar-refractivity contribution is 0.334. The van der Waals surface area contributed by atoms with Gasteiger partial charge in [-0.1, -0.05) is 30.3 Å². The van der Waals surface area contributed by atoms with Crippen LogP contribution in [0, 0.1) is 0 Å². The van der Waals surface area contributed by atoms with Crippen molar-refractivity contribution in [3.8, 4) is 0 Å². The standard InChI is InChI=1S/C10H14O2P/c1-2-13(11)12-9-8-10-6-4-3-5-7-10/h3-7H,2,8-9H2,1H3/q+1. The topological polar surface area (TPSA) is 26.3 Å². The van der Waals surface area contributed by atoms with Crippen molar-refractivity contribution < 1.29 is 9.09 Å². The predicted molar refractivity (Wildman–Crippen MR) is 54.2 cm³/mol. The minimum Gasteiger partial charge on any atom is -0.146 e. The molecule has 70 valence electrons. The highest BCUT2D eigenvalue weighted by atomic mass is 31.1. The Morgan fingerprint density at radius 1 is 1.31 bits per heavy atom. The molecule has 0 saturated heterocycles. The Bertz CT molecular complexity index is 259. The SMILES string of the molecule is CC[P+](=O)OCCc1ccccc1. The van der Waals surface area contributed by atoms with E-state index in [4.69, 9.17) is 4.52 Å². The molecule has 0 radical (unpaired) electrons. The molecular weight excluding hydrogens is 183 g/mol. The molecule has 1 rings (SSSR count). The lowest BCUT2D eigenvalue weighted by atomic mass is 10.2. The summed E-state index contributed by atoms with van der Waals surface area (Å²) in [5, 5.41) is 0. The van der Waals surface area contributed by atoms with Crippen LogP contribution in [-0.2, 0) is 15.5 Å². The number of benzene rings is 1. The predicted octanol–water partition coefficient (Wildman–Crippen LogP) is 3.01. The molecule has 3 heteroatoms. The van der Waals surface area contributed by atoms with Crippen LogP contribution in [0.15, 0.2) is 30.3 Å². The van der Waals surface area contributed by atoms with E-state index in [1.807, 2.05) is 37.3 Å². The minimum atomic E-state index is -1.42. The summed E-state index contributed by atoms with van der Waals surface area (Å²) in [5.74, 6) is 0. The van der Waals surface area contributed by atoms with Crippen LogP contribution in [0.2, 0.25) is 0 Å². The van der Waals surface area contributed by atoms with Crippen molar-refractivity contribution in [1.82, 2.24) is 0 Å². The third-order valence-corrected chi connectivity index (χ3v) is 2.71. The Morgan fingerprint density at radius 2 is 2.00 bits per heavy atom. The maximum Gasteiger partial charge on any atom is 0.507 e. The van der Waals surface area contributed by atoms with E-state index in [0.29, 0.717) is 12.8 Å². The van der Waals surface area contributed by atoms with E-state index in [1.54, 1.807) is 0 Å². The number of hydrogen-bond acceptors (Lipinski definition) is 2. The number of hydrogen-bond donors (Lipinski definition) is 0. The fourth-order valence-corrected chi connectivity index (χ4v) is 1.48. The Hall–Kier alpha value is -0.720. The Morgan fingerprint density at radius 3 is 2.62 bits per heavy atom. The summed E-state index contributed by atoms with van der Waals surface area (Å²) < 4.78 is 16.0. The van der Waals surface area contributed by atoms with Gasteiger partial charge in [0.25, 0.3) is 0 Å². The van der Waals surface area contributed by atoms with Crippen molar-refractivity contribution in [3.05, 3.63) is 35.9 Å². The maximum absolute atomic E-state index is 10.9. The molecule has 1 aromatic carbocycles. The molecule has 0 amide bonds. The first-order chi connectivity index (χ1) is 6.33. The first kappa shape index (κ1) is 10.4. The van der Waals surface area contributed by atoms with Gasteiger partial charge in [0.2, 0.25) is 0 Å². The van der Waals surface area contributed by atoms with E-state index in [-0.39, 0.29) is 0 Å². The summed E-state index contributed by atoms with van der Waals surface area (Å²) in [5.41, 5.74) is 1.22. The second kappa shape index (κ2) is 5.85. The molecule has 1 atom stereocenters. The smallest absolute Gasteiger partial charge is 0.146 e. The van der Waals surface area contributed by atoms with E-state index < -0.39 is 8.03 Å². The van der Waals surface area contributed by atoms with Crippen molar-refractivity contribution >= 4 is 8.03 Å². The Kier molecular flexibility index (Phi) is 4.66. The van der Waals surface area contributed by atoms with E-state index in [1.165, 1.54) is 5.56 Å². The molecule has 0 aromatic heterocycles. The van der Waals surface area contributed by atoms with E-state index >= 15 is 0 Å². The normalized spacial score (nSPS) is 11.3. The second-order valence-electron chi connectivity index (χ2n) is 2.72. The fraction of sp³-hybridized carbons (Fsp3) is 0.400. The molecule has 0 aliphatic carbocycles. The highest BCUT2D eigenvalue weighted by Gasteiger charge is 2.11. The maximum atomic E-state index is 10.9. The first-order valence-corrected chi connectivity index (χ1v) is 5.80. The molecule has 1 aromatic rings. The third kappa shape index (κ3) is 4.16. The zero-order chi connectivity index (χ0) is 9.52. The summed E-state index contributed by atoms with van der Waals surface area (Å²) in [6.45, 7) is 2.41. The van der Waals surface area contributed by atoms with Crippen LogP contribution in [0.1, 0.15) is 12.5 Å². The highest BCUT2D eigenvalue weighted by Crippen LogP contribution is 2.20. The Labute approximate surface area is 79.8 Å². The average Bonchev–Trinajstić information content (AvgIpc) is 2.19. The molecule has 0 spiro atoms. The summed E-state index contributed by atoms with van der Waals surface area (Å²) in [4.78, 5) is 0. The number of rotatable bonds is 5. The van der Waals surface area contributed by atoms with Gasteiger partial charge in [-0.25, -0.2) is 0 Å². The molecule has 0 bridgehead atoms. The molecule has 1 unspecified atom stereocenters. The van der Waals surface area contributed by atoms with E-state index in [9.17, 15) is 4.57 Å². The summed E-state index contributed by atoms with van der Waals surface area (Å²) in [6, 6.07) is 10.1. The third-order valence-electron chi connectivity index (χ3n) is 1.73. The van der Waals surface area contributed by atoms with Gasteiger partial charge in [0.05, 0.1) is 0 Å². The molecule has 0 heterocycles. The average molecular weight is 197 g/mol. The largest absolute Gasteiger partial charge is 0.507 e. The van der Waals surface area contributed by atoms with E-state index in [0.717, 1.165) is 6.42 Å². The van der Waals surface area contributed by atoms with Gasteiger partial charge in [-0.3, -0.25) is 0 Å². The van der Waals surface area contributed by atoms with Gasteiger partial charge in [0, 0.05) is 6.42 Å². The van der Waals surface area contributed by atoms with Gasteiger partial charge in [-0.2, -0.15) is 0 Å². The quantitative estimate of drug-likeness (QED) is 0.678.